The van der Waals surface area contributed by atoms with Crippen LogP contribution in [-0.2, 0) is 0 Å². The highest BCUT2D eigenvalue weighted by Gasteiger charge is 2.28. The molecule has 1 fully saturated rings. The van der Waals surface area contributed by atoms with Crippen molar-refractivity contribution in [3.63, 3.8) is 0 Å². The first-order valence-corrected chi connectivity index (χ1v) is 7.18. The lowest BCUT2D eigenvalue weighted by molar-refractivity contribution is -0.0109. The van der Waals surface area contributed by atoms with Crippen LogP contribution >= 0.6 is 0 Å². The van der Waals surface area contributed by atoms with E-state index in [4.69, 9.17) is 14.9 Å². The van der Waals surface area contributed by atoms with E-state index in [1.807, 2.05) is 26.0 Å². The zero-order valence-corrected chi connectivity index (χ0v) is 12.2. The fourth-order valence-corrected chi connectivity index (χ4v) is 1.67. The lowest BCUT2D eigenvalue weighted by atomic mass is 9.92. The Bertz CT molecular complexity index is 427. The molecule has 1 aliphatic carbocycles. The van der Waals surface area contributed by atoms with Crippen molar-refractivity contribution in [2.24, 2.45) is 0 Å². The SMILES string of the molecule is CC.OCCCC#Cc1ccc(OC2CC(O)C2)cn1. The van der Waals surface area contributed by atoms with Gasteiger partial charge in [0.15, 0.2) is 0 Å². The van der Waals surface area contributed by atoms with Crippen LogP contribution in [0.2, 0.25) is 0 Å². The summed E-state index contributed by atoms with van der Waals surface area (Å²) in [5.74, 6) is 6.59. The van der Waals surface area contributed by atoms with Crippen molar-refractivity contribution in [1.29, 1.82) is 0 Å². The van der Waals surface area contributed by atoms with Crippen molar-refractivity contribution in [2.45, 2.75) is 51.7 Å². The molecule has 0 atom stereocenters. The molecule has 0 bridgehead atoms. The Morgan fingerprint density at radius 3 is 2.65 bits per heavy atom. The maximum Gasteiger partial charge on any atom is 0.138 e. The molecular weight excluding hydrogens is 254 g/mol. The molecule has 0 radical (unpaired) electrons. The Morgan fingerprint density at radius 1 is 1.35 bits per heavy atom. The number of hydrogen-bond donors (Lipinski definition) is 2. The summed E-state index contributed by atoms with van der Waals surface area (Å²) in [5.41, 5.74) is 0.703. The number of rotatable bonds is 4. The van der Waals surface area contributed by atoms with Gasteiger partial charge in [-0.05, 0) is 24.5 Å². The molecule has 1 aromatic heterocycles. The molecule has 0 amide bonds. The molecule has 0 saturated heterocycles. The molecule has 20 heavy (non-hydrogen) atoms. The van der Waals surface area contributed by atoms with Crippen molar-refractivity contribution in [2.75, 3.05) is 6.61 Å². The lowest BCUT2D eigenvalue weighted by Crippen LogP contribution is -2.37. The number of pyridine rings is 1. The fourth-order valence-electron chi connectivity index (χ4n) is 1.67. The Kier molecular flexibility index (Phi) is 7.71. The van der Waals surface area contributed by atoms with Gasteiger partial charge < -0.3 is 14.9 Å². The predicted octanol–water partition coefficient (Wildman–Crippen LogP) is 2.13. The summed E-state index contributed by atoms with van der Waals surface area (Å²) in [6, 6.07) is 3.66. The van der Waals surface area contributed by atoms with Crippen LogP contribution in [0.3, 0.4) is 0 Å². The molecule has 1 heterocycles. The van der Waals surface area contributed by atoms with E-state index in [9.17, 15) is 0 Å². The number of aliphatic hydroxyl groups is 2. The first kappa shape index (κ1) is 16.5. The number of aromatic nitrogens is 1. The van der Waals surface area contributed by atoms with Crippen LogP contribution in [0.25, 0.3) is 0 Å². The van der Waals surface area contributed by atoms with Crippen molar-refractivity contribution in [1.82, 2.24) is 4.98 Å². The van der Waals surface area contributed by atoms with E-state index in [-0.39, 0.29) is 18.8 Å². The van der Waals surface area contributed by atoms with E-state index in [2.05, 4.69) is 16.8 Å². The first-order valence-electron chi connectivity index (χ1n) is 7.18. The maximum absolute atomic E-state index is 9.15. The normalized spacial score (nSPS) is 19.8. The van der Waals surface area contributed by atoms with Gasteiger partial charge in [-0.3, -0.25) is 0 Å². The topological polar surface area (TPSA) is 62.6 Å². The monoisotopic (exact) mass is 277 g/mol. The maximum atomic E-state index is 9.15. The second kappa shape index (κ2) is 9.35. The summed E-state index contributed by atoms with van der Waals surface area (Å²) in [4.78, 5) is 4.18. The number of aliphatic hydroxyl groups excluding tert-OH is 2. The van der Waals surface area contributed by atoms with E-state index in [1.54, 1.807) is 6.20 Å². The van der Waals surface area contributed by atoms with Crippen LogP contribution in [-0.4, -0.2) is 34.0 Å². The number of hydrogen-bond acceptors (Lipinski definition) is 4. The van der Waals surface area contributed by atoms with Crippen molar-refractivity contribution >= 4 is 0 Å². The average molecular weight is 277 g/mol. The zero-order valence-electron chi connectivity index (χ0n) is 12.2. The molecule has 110 valence electrons. The summed E-state index contributed by atoms with van der Waals surface area (Å²) in [5, 5.41) is 17.8. The summed E-state index contributed by atoms with van der Waals surface area (Å²) in [7, 11) is 0. The van der Waals surface area contributed by atoms with E-state index >= 15 is 0 Å². The van der Waals surface area contributed by atoms with Gasteiger partial charge in [-0.15, -0.1) is 0 Å². The number of ether oxygens (including phenoxy) is 1. The average Bonchev–Trinajstić information content (AvgIpc) is 2.46. The molecule has 1 aromatic rings. The molecule has 0 aromatic carbocycles. The third kappa shape index (κ3) is 5.60. The van der Waals surface area contributed by atoms with Crippen LogP contribution in [0, 0.1) is 11.8 Å². The Labute approximate surface area is 120 Å². The van der Waals surface area contributed by atoms with E-state index in [0.717, 1.165) is 0 Å². The summed E-state index contributed by atoms with van der Waals surface area (Å²) >= 11 is 0. The Hall–Kier alpha value is -1.57. The van der Waals surface area contributed by atoms with Crippen molar-refractivity contribution in [3.8, 4) is 17.6 Å². The van der Waals surface area contributed by atoms with Crippen LogP contribution in [0.15, 0.2) is 18.3 Å². The quantitative estimate of drug-likeness (QED) is 0.654. The third-order valence-corrected chi connectivity index (χ3v) is 2.79. The van der Waals surface area contributed by atoms with E-state index < -0.39 is 0 Å². The molecule has 4 heteroatoms. The molecule has 0 spiro atoms. The molecular formula is C16H23NO3. The van der Waals surface area contributed by atoms with Gasteiger partial charge in [-0.25, -0.2) is 4.98 Å². The number of nitrogens with zero attached hydrogens (tertiary/aromatic N) is 1. The predicted molar refractivity (Wildman–Crippen MR) is 78.4 cm³/mol. The van der Waals surface area contributed by atoms with Gasteiger partial charge >= 0.3 is 0 Å². The van der Waals surface area contributed by atoms with Gasteiger partial charge in [0, 0.05) is 25.9 Å². The van der Waals surface area contributed by atoms with Gasteiger partial charge in [-0.1, -0.05) is 19.8 Å². The van der Waals surface area contributed by atoms with Gasteiger partial charge in [-0.2, -0.15) is 0 Å². The third-order valence-electron chi connectivity index (χ3n) is 2.79. The summed E-state index contributed by atoms with van der Waals surface area (Å²) < 4.78 is 5.61. The molecule has 2 rings (SSSR count). The highest BCUT2D eigenvalue weighted by Crippen LogP contribution is 2.25. The van der Waals surface area contributed by atoms with Gasteiger partial charge in [0.1, 0.15) is 17.5 Å². The summed E-state index contributed by atoms with van der Waals surface area (Å²) in [6.07, 6.45) is 4.32. The smallest absolute Gasteiger partial charge is 0.138 e. The zero-order chi connectivity index (χ0) is 14.8. The Morgan fingerprint density at radius 2 is 2.10 bits per heavy atom. The highest BCUT2D eigenvalue weighted by atomic mass is 16.5. The minimum atomic E-state index is -0.209. The van der Waals surface area contributed by atoms with Crippen molar-refractivity contribution < 1.29 is 14.9 Å². The largest absolute Gasteiger partial charge is 0.489 e. The Balaban J connectivity index is 0.000000956. The molecule has 0 aliphatic heterocycles. The standard InChI is InChI=1S/C14H17NO3.C2H6/c16-7-3-1-2-4-11-5-6-13(10-15-11)18-14-8-12(17)9-14;1-2/h5-6,10,12,14,16-17H,1,3,7-9H2;1-2H3. The highest BCUT2D eigenvalue weighted by molar-refractivity contribution is 5.31. The van der Waals surface area contributed by atoms with E-state index in [1.165, 1.54) is 0 Å². The van der Waals surface area contributed by atoms with Crippen LogP contribution < -0.4 is 4.74 Å². The van der Waals surface area contributed by atoms with E-state index in [0.29, 0.717) is 37.1 Å². The second-order valence-corrected chi connectivity index (χ2v) is 4.37. The fraction of sp³-hybridized carbons (Fsp3) is 0.562. The molecule has 1 aliphatic rings. The van der Waals surface area contributed by atoms with Gasteiger partial charge in [0.25, 0.3) is 0 Å². The van der Waals surface area contributed by atoms with Crippen LogP contribution in [0.4, 0.5) is 0 Å². The minimum absolute atomic E-state index is 0.114. The van der Waals surface area contributed by atoms with Gasteiger partial charge in [0.05, 0.1) is 12.3 Å². The first-order chi connectivity index (χ1) is 9.78. The number of unbranched alkanes of at least 4 members (excludes halogenated alkanes) is 1. The molecule has 2 N–H and O–H groups in total. The van der Waals surface area contributed by atoms with Crippen LogP contribution in [0.5, 0.6) is 5.75 Å². The van der Waals surface area contributed by atoms with Gasteiger partial charge in [0.2, 0.25) is 0 Å². The second-order valence-electron chi connectivity index (χ2n) is 4.37. The molecule has 0 unspecified atom stereocenters. The van der Waals surface area contributed by atoms with Crippen LogP contribution in [0.1, 0.15) is 45.2 Å². The molecule has 1 saturated carbocycles. The molecule has 4 nitrogen and oxygen atoms in total. The van der Waals surface area contributed by atoms with Crippen molar-refractivity contribution in [3.05, 3.63) is 24.0 Å². The summed E-state index contributed by atoms with van der Waals surface area (Å²) in [6.45, 7) is 4.17. The minimum Gasteiger partial charge on any atom is -0.489 e. The lowest BCUT2D eigenvalue weighted by Gasteiger charge is -2.31.